The van der Waals surface area contributed by atoms with Gasteiger partial charge in [0, 0.05) is 5.75 Å². The van der Waals surface area contributed by atoms with Crippen LogP contribution in [0.2, 0.25) is 0 Å². The minimum absolute atomic E-state index is 0.217. The van der Waals surface area contributed by atoms with Gasteiger partial charge in [0.15, 0.2) is 11.5 Å². The van der Waals surface area contributed by atoms with Crippen molar-refractivity contribution in [2.24, 2.45) is 0 Å². The predicted molar refractivity (Wildman–Crippen MR) is 66.2 cm³/mol. The molecule has 0 N–H and O–H groups in total. The van der Waals surface area contributed by atoms with Crippen LogP contribution in [-0.2, 0) is 4.79 Å². The van der Waals surface area contributed by atoms with Crippen molar-refractivity contribution in [3.63, 3.8) is 0 Å². The van der Waals surface area contributed by atoms with Gasteiger partial charge in [0.2, 0.25) is 0 Å². The molecule has 0 aromatic heterocycles. The minimum Gasteiger partial charge on any atom is -0.493 e. The van der Waals surface area contributed by atoms with Gasteiger partial charge in [-0.3, -0.25) is 4.79 Å². The first-order valence-corrected chi connectivity index (χ1v) is 6.34. The van der Waals surface area contributed by atoms with Crippen molar-refractivity contribution in [3.05, 3.63) is 24.3 Å². The van der Waals surface area contributed by atoms with E-state index in [1.54, 1.807) is 31.0 Å². The summed E-state index contributed by atoms with van der Waals surface area (Å²) in [4.78, 5) is 11.5. The highest BCUT2D eigenvalue weighted by molar-refractivity contribution is 7.99. The van der Waals surface area contributed by atoms with E-state index in [2.05, 4.69) is 6.92 Å². The zero-order valence-corrected chi connectivity index (χ0v) is 10.4. The summed E-state index contributed by atoms with van der Waals surface area (Å²) < 4.78 is 10.3. The highest BCUT2D eigenvalue weighted by Crippen LogP contribution is 2.26. The third-order valence-corrected chi connectivity index (χ3v) is 2.85. The first-order chi connectivity index (χ1) is 7.77. The molecule has 16 heavy (non-hydrogen) atoms. The van der Waals surface area contributed by atoms with Gasteiger partial charge in [0.05, 0.1) is 13.5 Å². The molecule has 0 saturated carbocycles. The molecule has 0 saturated heterocycles. The molecule has 0 atom stereocenters. The molecule has 1 aromatic carbocycles. The van der Waals surface area contributed by atoms with Crippen molar-refractivity contribution in [3.8, 4) is 11.5 Å². The number of para-hydroxylation sites is 2. The van der Waals surface area contributed by atoms with Crippen LogP contribution in [0.1, 0.15) is 13.3 Å². The van der Waals surface area contributed by atoms with E-state index in [9.17, 15) is 4.79 Å². The lowest BCUT2D eigenvalue weighted by molar-refractivity contribution is -0.134. The van der Waals surface area contributed by atoms with Gasteiger partial charge in [0.25, 0.3) is 0 Å². The highest BCUT2D eigenvalue weighted by Gasteiger charge is 2.08. The van der Waals surface area contributed by atoms with Gasteiger partial charge in [-0.25, -0.2) is 0 Å². The van der Waals surface area contributed by atoms with E-state index < -0.39 is 0 Å². The Morgan fingerprint density at radius 2 is 2.00 bits per heavy atom. The number of rotatable bonds is 6. The third kappa shape index (κ3) is 4.14. The molecule has 0 unspecified atom stereocenters. The Morgan fingerprint density at radius 3 is 2.62 bits per heavy atom. The summed E-state index contributed by atoms with van der Waals surface area (Å²) in [6.45, 7) is 2.07. The van der Waals surface area contributed by atoms with Crippen LogP contribution in [0.15, 0.2) is 24.3 Å². The molecular formula is C12H16O3S. The second kappa shape index (κ2) is 7.17. The van der Waals surface area contributed by atoms with E-state index in [1.165, 1.54) is 0 Å². The van der Waals surface area contributed by atoms with Crippen LogP contribution < -0.4 is 9.47 Å². The average Bonchev–Trinajstić information content (AvgIpc) is 2.30. The molecule has 0 aliphatic heterocycles. The van der Waals surface area contributed by atoms with E-state index in [4.69, 9.17) is 9.47 Å². The Labute approximate surface area is 100 Å². The number of thioether (sulfide) groups is 1. The largest absolute Gasteiger partial charge is 0.493 e. The maximum atomic E-state index is 11.5. The summed E-state index contributed by atoms with van der Waals surface area (Å²) in [6, 6.07) is 7.14. The Kier molecular flexibility index (Phi) is 5.78. The lowest BCUT2D eigenvalue weighted by Crippen LogP contribution is -2.09. The van der Waals surface area contributed by atoms with Gasteiger partial charge in [0.1, 0.15) is 0 Å². The molecule has 88 valence electrons. The van der Waals surface area contributed by atoms with Crippen molar-refractivity contribution in [1.82, 2.24) is 0 Å². The van der Waals surface area contributed by atoms with Gasteiger partial charge in [-0.05, 0) is 17.9 Å². The SMILES string of the molecule is CCSCCC(=O)Oc1ccccc1OC. The Morgan fingerprint density at radius 1 is 1.31 bits per heavy atom. The standard InChI is InChI=1S/C12H16O3S/c1-3-16-9-8-12(13)15-11-7-5-4-6-10(11)14-2/h4-7H,3,8-9H2,1-2H3. The Bertz CT molecular complexity index is 339. The van der Waals surface area contributed by atoms with E-state index in [0.29, 0.717) is 17.9 Å². The van der Waals surface area contributed by atoms with Crippen LogP contribution >= 0.6 is 11.8 Å². The van der Waals surface area contributed by atoms with Gasteiger partial charge in [-0.15, -0.1) is 0 Å². The number of hydrogen-bond donors (Lipinski definition) is 0. The number of hydrogen-bond acceptors (Lipinski definition) is 4. The van der Waals surface area contributed by atoms with E-state index >= 15 is 0 Å². The number of ether oxygens (including phenoxy) is 2. The maximum absolute atomic E-state index is 11.5. The summed E-state index contributed by atoms with van der Waals surface area (Å²) in [5, 5.41) is 0. The normalized spacial score (nSPS) is 9.88. The number of esters is 1. The van der Waals surface area contributed by atoms with Crippen LogP contribution in [0, 0.1) is 0 Å². The summed E-state index contributed by atoms with van der Waals surface area (Å²) in [5.41, 5.74) is 0. The molecule has 0 radical (unpaired) electrons. The second-order valence-corrected chi connectivity index (χ2v) is 4.47. The molecule has 0 heterocycles. The zero-order chi connectivity index (χ0) is 11.8. The van der Waals surface area contributed by atoms with Gasteiger partial charge in [-0.2, -0.15) is 11.8 Å². The van der Waals surface area contributed by atoms with E-state index in [1.807, 2.05) is 12.1 Å². The smallest absolute Gasteiger partial charge is 0.312 e. The molecule has 4 heteroatoms. The Balaban J connectivity index is 2.49. The third-order valence-electron chi connectivity index (χ3n) is 1.95. The summed E-state index contributed by atoms with van der Waals surface area (Å²) >= 11 is 1.72. The predicted octanol–water partition coefficient (Wildman–Crippen LogP) is 2.74. The topological polar surface area (TPSA) is 35.5 Å². The van der Waals surface area contributed by atoms with Crippen LogP contribution in [0.4, 0.5) is 0 Å². The molecule has 1 aromatic rings. The molecule has 0 amide bonds. The molecule has 0 fully saturated rings. The summed E-state index contributed by atoms with van der Waals surface area (Å²) in [5.74, 6) is 2.66. The van der Waals surface area contributed by atoms with Crippen molar-refractivity contribution in [2.45, 2.75) is 13.3 Å². The van der Waals surface area contributed by atoms with Crippen molar-refractivity contribution in [1.29, 1.82) is 0 Å². The quantitative estimate of drug-likeness (QED) is 0.435. The van der Waals surface area contributed by atoms with E-state index in [0.717, 1.165) is 11.5 Å². The monoisotopic (exact) mass is 240 g/mol. The molecular weight excluding hydrogens is 224 g/mol. The zero-order valence-electron chi connectivity index (χ0n) is 9.56. The maximum Gasteiger partial charge on any atom is 0.312 e. The van der Waals surface area contributed by atoms with Gasteiger partial charge in [-0.1, -0.05) is 19.1 Å². The Hall–Kier alpha value is -1.16. The average molecular weight is 240 g/mol. The molecule has 0 aliphatic carbocycles. The number of carbonyl (C=O) groups excluding carboxylic acids is 1. The van der Waals surface area contributed by atoms with Crippen molar-refractivity contribution in [2.75, 3.05) is 18.6 Å². The molecule has 0 spiro atoms. The van der Waals surface area contributed by atoms with Crippen LogP contribution in [0.3, 0.4) is 0 Å². The fourth-order valence-electron chi connectivity index (χ4n) is 1.18. The first-order valence-electron chi connectivity index (χ1n) is 5.19. The number of benzene rings is 1. The minimum atomic E-state index is -0.217. The van der Waals surface area contributed by atoms with Crippen molar-refractivity contribution >= 4 is 17.7 Å². The molecule has 0 aliphatic rings. The number of methoxy groups -OCH3 is 1. The van der Waals surface area contributed by atoms with Gasteiger partial charge >= 0.3 is 5.97 Å². The van der Waals surface area contributed by atoms with E-state index in [-0.39, 0.29) is 5.97 Å². The lowest BCUT2D eigenvalue weighted by Gasteiger charge is -2.08. The molecule has 3 nitrogen and oxygen atoms in total. The first kappa shape index (κ1) is 12.9. The summed E-state index contributed by atoms with van der Waals surface area (Å²) in [6.07, 6.45) is 0.427. The van der Waals surface area contributed by atoms with Crippen molar-refractivity contribution < 1.29 is 14.3 Å². The van der Waals surface area contributed by atoms with Crippen LogP contribution in [-0.4, -0.2) is 24.6 Å². The lowest BCUT2D eigenvalue weighted by atomic mass is 10.3. The highest BCUT2D eigenvalue weighted by atomic mass is 32.2. The molecule has 1 rings (SSSR count). The fourth-order valence-corrected chi connectivity index (χ4v) is 1.78. The van der Waals surface area contributed by atoms with Gasteiger partial charge < -0.3 is 9.47 Å². The molecule has 0 bridgehead atoms. The number of carbonyl (C=O) groups is 1. The summed E-state index contributed by atoms with van der Waals surface area (Å²) in [7, 11) is 1.56. The fraction of sp³-hybridized carbons (Fsp3) is 0.417. The van der Waals surface area contributed by atoms with Crippen LogP contribution in [0.25, 0.3) is 0 Å². The van der Waals surface area contributed by atoms with Crippen LogP contribution in [0.5, 0.6) is 11.5 Å². The second-order valence-electron chi connectivity index (χ2n) is 3.07.